The summed E-state index contributed by atoms with van der Waals surface area (Å²) in [6.07, 6.45) is 1.27. The number of primary amides is 1. The molecule has 0 radical (unpaired) electrons. The number of hydrogen-bond donors (Lipinski definition) is 3. The molecule has 5 nitrogen and oxygen atoms in total. The predicted molar refractivity (Wildman–Crippen MR) is 57.3 cm³/mol. The first-order chi connectivity index (χ1) is 6.93. The van der Waals surface area contributed by atoms with E-state index in [0.29, 0.717) is 12.5 Å². The van der Waals surface area contributed by atoms with E-state index in [-0.39, 0.29) is 12.8 Å². The maximum absolute atomic E-state index is 10.8. The van der Waals surface area contributed by atoms with Crippen molar-refractivity contribution < 1.29 is 14.7 Å². The number of rotatable bonds is 8. The number of aliphatic carboxylic acids is 1. The van der Waals surface area contributed by atoms with E-state index in [1.807, 2.05) is 0 Å². The Morgan fingerprint density at radius 2 is 1.93 bits per heavy atom. The van der Waals surface area contributed by atoms with Gasteiger partial charge in [-0.1, -0.05) is 13.8 Å². The first kappa shape index (κ1) is 13.9. The monoisotopic (exact) mass is 216 g/mol. The van der Waals surface area contributed by atoms with E-state index >= 15 is 0 Å². The van der Waals surface area contributed by atoms with Gasteiger partial charge < -0.3 is 16.2 Å². The van der Waals surface area contributed by atoms with Gasteiger partial charge in [0.05, 0.1) is 0 Å². The van der Waals surface area contributed by atoms with Gasteiger partial charge in [0, 0.05) is 6.42 Å². The van der Waals surface area contributed by atoms with Crippen molar-refractivity contribution in [1.29, 1.82) is 0 Å². The zero-order valence-electron chi connectivity index (χ0n) is 9.32. The first-order valence-corrected chi connectivity index (χ1v) is 5.18. The van der Waals surface area contributed by atoms with E-state index in [9.17, 15) is 9.59 Å². The lowest BCUT2D eigenvalue weighted by Gasteiger charge is -2.14. The molecule has 0 unspecified atom stereocenters. The Hall–Kier alpha value is -1.10. The van der Waals surface area contributed by atoms with Crippen LogP contribution in [0.4, 0.5) is 0 Å². The Morgan fingerprint density at radius 3 is 2.33 bits per heavy atom. The summed E-state index contributed by atoms with van der Waals surface area (Å²) < 4.78 is 0. The molecule has 4 N–H and O–H groups in total. The number of nitrogens with one attached hydrogen (secondary N) is 1. The minimum absolute atomic E-state index is 0.103. The summed E-state index contributed by atoms with van der Waals surface area (Å²) in [5, 5.41) is 11.7. The van der Waals surface area contributed by atoms with Gasteiger partial charge in [-0.15, -0.1) is 0 Å². The molecule has 0 aromatic heterocycles. The predicted octanol–water partition coefficient (Wildman–Crippen LogP) is 0.341. The van der Waals surface area contributed by atoms with Crippen molar-refractivity contribution >= 4 is 11.9 Å². The highest BCUT2D eigenvalue weighted by atomic mass is 16.4. The van der Waals surface area contributed by atoms with E-state index in [1.165, 1.54) is 0 Å². The van der Waals surface area contributed by atoms with Crippen LogP contribution in [-0.4, -0.2) is 29.6 Å². The summed E-state index contributed by atoms with van der Waals surface area (Å²) in [7, 11) is 0. The third kappa shape index (κ3) is 7.93. The Labute approximate surface area is 90.0 Å². The van der Waals surface area contributed by atoms with Gasteiger partial charge in [0.2, 0.25) is 5.91 Å². The molecular formula is C10H20N2O3. The lowest BCUT2D eigenvalue weighted by Crippen LogP contribution is -2.38. The average molecular weight is 216 g/mol. The van der Waals surface area contributed by atoms with Crippen LogP contribution in [0.3, 0.4) is 0 Å². The molecule has 0 aromatic rings. The summed E-state index contributed by atoms with van der Waals surface area (Å²) in [5.41, 5.74) is 4.96. The lowest BCUT2D eigenvalue weighted by atomic mass is 10.1. The maximum Gasteiger partial charge on any atom is 0.320 e. The largest absolute Gasteiger partial charge is 0.480 e. The van der Waals surface area contributed by atoms with Gasteiger partial charge >= 0.3 is 5.97 Å². The Kier molecular flexibility index (Phi) is 6.70. The second kappa shape index (κ2) is 7.23. The van der Waals surface area contributed by atoms with Crippen LogP contribution in [0.25, 0.3) is 0 Å². The van der Waals surface area contributed by atoms with Gasteiger partial charge in [-0.25, -0.2) is 0 Å². The van der Waals surface area contributed by atoms with Crippen LogP contribution < -0.4 is 11.1 Å². The number of hydrogen-bond acceptors (Lipinski definition) is 3. The van der Waals surface area contributed by atoms with Crippen LogP contribution in [-0.2, 0) is 9.59 Å². The normalized spacial score (nSPS) is 12.7. The lowest BCUT2D eigenvalue weighted by molar-refractivity contribution is -0.139. The molecule has 5 heteroatoms. The number of carbonyl (C=O) groups is 2. The number of nitrogens with two attached hydrogens (primary N) is 1. The van der Waals surface area contributed by atoms with E-state index in [0.717, 1.165) is 6.42 Å². The topological polar surface area (TPSA) is 92.4 Å². The van der Waals surface area contributed by atoms with E-state index in [1.54, 1.807) is 0 Å². The van der Waals surface area contributed by atoms with Crippen molar-refractivity contribution in [2.75, 3.05) is 6.54 Å². The van der Waals surface area contributed by atoms with Crippen LogP contribution in [0.15, 0.2) is 0 Å². The van der Waals surface area contributed by atoms with Crippen LogP contribution >= 0.6 is 0 Å². The summed E-state index contributed by atoms with van der Waals surface area (Å²) in [4.78, 5) is 21.3. The minimum atomic E-state index is -0.931. The van der Waals surface area contributed by atoms with Crippen molar-refractivity contribution in [3.05, 3.63) is 0 Å². The molecular weight excluding hydrogens is 196 g/mol. The second-order valence-corrected chi connectivity index (χ2v) is 4.03. The number of amides is 1. The SMILES string of the molecule is CC(C)CCN[C@@H](CCC(N)=O)C(=O)O. The fraction of sp³-hybridized carbons (Fsp3) is 0.800. The van der Waals surface area contributed by atoms with Crippen molar-refractivity contribution in [3.8, 4) is 0 Å². The van der Waals surface area contributed by atoms with Gasteiger partial charge in [0.25, 0.3) is 0 Å². The minimum Gasteiger partial charge on any atom is -0.480 e. The molecule has 0 aromatic carbocycles. The van der Waals surface area contributed by atoms with Crippen LogP contribution in [0.1, 0.15) is 33.1 Å². The molecule has 0 fully saturated rings. The second-order valence-electron chi connectivity index (χ2n) is 4.03. The van der Waals surface area contributed by atoms with Crippen LogP contribution in [0.5, 0.6) is 0 Å². The molecule has 0 spiro atoms. The van der Waals surface area contributed by atoms with Crippen molar-refractivity contribution in [3.63, 3.8) is 0 Å². The number of carboxylic acids is 1. The number of carboxylic acid groups (broad SMARTS) is 1. The third-order valence-electron chi connectivity index (χ3n) is 2.09. The van der Waals surface area contributed by atoms with Gasteiger partial charge in [-0.3, -0.25) is 9.59 Å². The molecule has 15 heavy (non-hydrogen) atoms. The molecule has 0 bridgehead atoms. The fourth-order valence-corrected chi connectivity index (χ4v) is 1.15. The average Bonchev–Trinajstić information content (AvgIpc) is 2.09. The Morgan fingerprint density at radius 1 is 1.33 bits per heavy atom. The highest BCUT2D eigenvalue weighted by molar-refractivity contribution is 5.77. The van der Waals surface area contributed by atoms with Gasteiger partial charge in [-0.2, -0.15) is 0 Å². The van der Waals surface area contributed by atoms with Crippen molar-refractivity contribution in [2.24, 2.45) is 11.7 Å². The quantitative estimate of drug-likeness (QED) is 0.545. The van der Waals surface area contributed by atoms with Gasteiger partial charge in [0.1, 0.15) is 6.04 Å². The molecule has 0 rings (SSSR count). The smallest absolute Gasteiger partial charge is 0.320 e. The summed E-state index contributed by atoms with van der Waals surface area (Å²) in [5.74, 6) is -0.866. The third-order valence-corrected chi connectivity index (χ3v) is 2.09. The van der Waals surface area contributed by atoms with Gasteiger partial charge in [-0.05, 0) is 25.3 Å². The molecule has 0 heterocycles. The van der Waals surface area contributed by atoms with Crippen molar-refractivity contribution in [1.82, 2.24) is 5.32 Å². The molecule has 0 aliphatic heterocycles. The van der Waals surface area contributed by atoms with Crippen LogP contribution in [0, 0.1) is 5.92 Å². The fourth-order valence-electron chi connectivity index (χ4n) is 1.15. The summed E-state index contributed by atoms with van der Waals surface area (Å²) in [6, 6.07) is -0.670. The van der Waals surface area contributed by atoms with E-state index < -0.39 is 17.9 Å². The number of carbonyl (C=O) groups excluding carboxylic acids is 1. The standard InChI is InChI=1S/C10H20N2O3/c1-7(2)5-6-12-8(10(14)15)3-4-9(11)13/h7-8,12H,3-6H2,1-2H3,(H2,11,13)(H,14,15)/t8-/m0/s1. The Balaban J connectivity index is 3.84. The Bertz CT molecular complexity index is 217. The van der Waals surface area contributed by atoms with E-state index in [4.69, 9.17) is 10.8 Å². The van der Waals surface area contributed by atoms with Crippen molar-refractivity contribution in [2.45, 2.75) is 39.2 Å². The van der Waals surface area contributed by atoms with E-state index in [2.05, 4.69) is 19.2 Å². The zero-order chi connectivity index (χ0) is 11.8. The molecule has 0 saturated carbocycles. The molecule has 0 aliphatic rings. The molecule has 0 aliphatic carbocycles. The van der Waals surface area contributed by atoms with Crippen LogP contribution in [0.2, 0.25) is 0 Å². The first-order valence-electron chi connectivity index (χ1n) is 5.18. The molecule has 0 saturated heterocycles. The summed E-state index contributed by atoms with van der Waals surface area (Å²) in [6.45, 7) is 4.79. The molecule has 88 valence electrons. The van der Waals surface area contributed by atoms with Gasteiger partial charge in [0.15, 0.2) is 0 Å². The summed E-state index contributed by atoms with van der Waals surface area (Å²) >= 11 is 0. The highest BCUT2D eigenvalue weighted by Gasteiger charge is 2.16. The maximum atomic E-state index is 10.8. The zero-order valence-corrected chi connectivity index (χ0v) is 9.32. The highest BCUT2D eigenvalue weighted by Crippen LogP contribution is 2.00. The molecule has 1 atom stereocenters. The molecule has 1 amide bonds.